The van der Waals surface area contributed by atoms with Gasteiger partial charge in [-0.2, -0.15) is 0 Å². The minimum absolute atomic E-state index is 0.0238. The number of rotatable bonds is 17. The molecular weight excluding hydrogens is 542 g/mol. The van der Waals surface area contributed by atoms with Gasteiger partial charge in [0.05, 0.1) is 17.2 Å². The molecule has 0 saturated heterocycles. The van der Waals surface area contributed by atoms with E-state index in [1.54, 1.807) is 0 Å². The molecule has 1 unspecified atom stereocenters. The highest BCUT2D eigenvalue weighted by molar-refractivity contribution is 14.2. The van der Waals surface area contributed by atoms with Gasteiger partial charge in [-0.15, -0.1) is 0 Å². The first-order chi connectivity index (χ1) is 11.6. The van der Waals surface area contributed by atoms with E-state index < -0.39 is 0 Å². The number of hydrogen-bond donors (Lipinski definition) is 0. The number of carbonyl (C=O) groups excluding carboxylic acids is 1. The van der Waals surface area contributed by atoms with Gasteiger partial charge in [-0.05, 0) is 19.8 Å². The monoisotopic (exact) mass is 576 g/mol. The molecule has 1 atom stereocenters. The Bertz CT molecular complexity index is 312. The second-order valence-corrected chi connectivity index (χ2v) is 15.1. The van der Waals surface area contributed by atoms with E-state index >= 15 is 0 Å². The number of halogens is 2. The number of ether oxygens (including phenoxy) is 1. The van der Waals surface area contributed by atoms with Gasteiger partial charge >= 0.3 is 5.97 Å². The van der Waals surface area contributed by atoms with Crippen LogP contribution in [0.1, 0.15) is 84.0 Å². The lowest BCUT2D eigenvalue weighted by atomic mass is 10.0. The van der Waals surface area contributed by atoms with Gasteiger partial charge in [0.2, 0.25) is 0 Å². The van der Waals surface area contributed by atoms with Crippen LogP contribution in [0.4, 0.5) is 0 Å². The number of esters is 1. The normalized spacial score (nSPS) is 12.3. The maximum atomic E-state index is 11.0. The fraction of sp³-hybridized carbons (Fsp3) is 0.842. The van der Waals surface area contributed by atoms with Crippen molar-refractivity contribution in [2.75, 3.05) is 0 Å². The summed E-state index contributed by atoms with van der Waals surface area (Å²) < 4.78 is 6.00. The van der Waals surface area contributed by atoms with Gasteiger partial charge in [0.1, 0.15) is 0 Å². The molecule has 0 heterocycles. The molecule has 0 bridgehead atoms. The second-order valence-electron chi connectivity index (χ2n) is 6.38. The van der Waals surface area contributed by atoms with Crippen LogP contribution >= 0.6 is 45.2 Å². The highest BCUT2D eigenvalue weighted by atomic mass is 127. The summed E-state index contributed by atoms with van der Waals surface area (Å²) in [5.41, 5.74) is 0. The number of alkyl halides is 2. The Labute approximate surface area is 179 Å². The molecule has 24 heavy (non-hydrogen) atoms. The van der Waals surface area contributed by atoms with Crippen molar-refractivity contribution in [2.45, 2.75) is 97.7 Å². The summed E-state index contributed by atoms with van der Waals surface area (Å²) in [6.07, 6.45) is 17.2. The first-order valence-corrected chi connectivity index (χ1v) is 13.2. The summed E-state index contributed by atoms with van der Waals surface area (Å²) in [6, 6.07) is 1.43. The summed E-state index contributed by atoms with van der Waals surface area (Å²) in [4.78, 5) is 11.0. The van der Waals surface area contributed by atoms with Crippen LogP contribution in [0.5, 0.6) is 0 Å². The lowest BCUT2D eigenvalue weighted by Crippen LogP contribution is -2.12. The largest absolute Gasteiger partial charge is 0.460 e. The molecule has 0 fully saturated rings. The Kier molecular flexibility index (Phi) is 19.4. The molecule has 5 heteroatoms. The van der Waals surface area contributed by atoms with Gasteiger partial charge in [0, 0.05) is 6.08 Å². The summed E-state index contributed by atoms with van der Waals surface area (Å²) in [7, 11) is 1.14. The first kappa shape index (κ1) is 24.9. The van der Waals surface area contributed by atoms with Crippen molar-refractivity contribution in [1.29, 1.82) is 0 Å². The molecule has 0 aliphatic carbocycles. The molecule has 140 valence electrons. The third-order valence-electron chi connectivity index (χ3n) is 4.07. The van der Waals surface area contributed by atoms with E-state index in [4.69, 9.17) is 4.74 Å². The Morgan fingerprint density at radius 2 is 1.42 bits per heavy atom. The van der Waals surface area contributed by atoms with Gasteiger partial charge in [0.25, 0.3) is 0 Å². The smallest absolute Gasteiger partial charge is 0.330 e. The molecule has 2 nitrogen and oxygen atoms in total. The fourth-order valence-electron chi connectivity index (χ4n) is 2.66. The van der Waals surface area contributed by atoms with Gasteiger partial charge in [-0.25, -0.2) is 4.79 Å². The van der Waals surface area contributed by atoms with Crippen molar-refractivity contribution < 1.29 is 9.53 Å². The SMILES string of the molecule is C=CC(=O)OC(C)CCCCCCCCCCCCC[Si]C(I)I. The van der Waals surface area contributed by atoms with E-state index in [1.165, 1.54) is 76.3 Å². The van der Waals surface area contributed by atoms with Crippen molar-refractivity contribution in [3.8, 4) is 0 Å². The summed E-state index contributed by atoms with van der Waals surface area (Å²) in [5, 5.41) is 0. The molecular formula is C19H34I2O2Si. The highest BCUT2D eigenvalue weighted by Gasteiger charge is 2.05. The Balaban J connectivity index is 3.15. The maximum Gasteiger partial charge on any atom is 0.330 e. The molecule has 0 aliphatic heterocycles. The second kappa shape index (κ2) is 18.7. The predicted molar refractivity (Wildman–Crippen MR) is 124 cm³/mol. The maximum absolute atomic E-state index is 11.0. The van der Waals surface area contributed by atoms with Crippen LogP contribution in [0.15, 0.2) is 12.7 Å². The molecule has 0 saturated carbocycles. The molecule has 0 aliphatic rings. The van der Waals surface area contributed by atoms with Crippen molar-refractivity contribution in [2.24, 2.45) is 0 Å². The van der Waals surface area contributed by atoms with Gasteiger partial charge in [-0.3, -0.25) is 0 Å². The van der Waals surface area contributed by atoms with Crippen LogP contribution in [-0.4, -0.2) is 23.1 Å². The Morgan fingerprint density at radius 3 is 1.88 bits per heavy atom. The molecule has 0 amide bonds. The van der Waals surface area contributed by atoms with E-state index in [2.05, 4.69) is 51.8 Å². The average Bonchev–Trinajstić information content (AvgIpc) is 2.54. The standard InChI is InChI=1S/C19H34I2O2Si/c1-3-18(22)23-17(2)15-13-11-9-7-5-4-6-8-10-12-14-16-24-19(20)21/h3,17,19H,1,4-16H2,2H3. The lowest BCUT2D eigenvalue weighted by molar-refractivity contribution is -0.142. The molecule has 2 radical (unpaired) electrons. The van der Waals surface area contributed by atoms with Gasteiger partial charge in [0.15, 0.2) is 0 Å². The molecule has 0 N–H and O–H groups in total. The van der Waals surface area contributed by atoms with Crippen LogP contribution in [0.3, 0.4) is 0 Å². The summed E-state index contributed by atoms with van der Waals surface area (Å²) in [6.45, 7) is 5.38. The lowest BCUT2D eigenvalue weighted by Gasteiger charge is -2.11. The van der Waals surface area contributed by atoms with Crippen LogP contribution in [0.25, 0.3) is 0 Å². The van der Waals surface area contributed by atoms with E-state index in [0.29, 0.717) is 0 Å². The molecule has 0 aromatic rings. The topological polar surface area (TPSA) is 26.3 Å². The highest BCUT2D eigenvalue weighted by Crippen LogP contribution is 2.15. The number of unbranched alkanes of at least 4 members (excludes halogenated alkanes) is 10. The van der Waals surface area contributed by atoms with Crippen LogP contribution < -0.4 is 0 Å². The van der Waals surface area contributed by atoms with Crippen molar-refractivity contribution in [1.82, 2.24) is 0 Å². The third kappa shape index (κ3) is 19.2. The fourth-order valence-corrected chi connectivity index (χ4v) is 5.21. The molecule has 0 aromatic heterocycles. The van der Waals surface area contributed by atoms with Gasteiger partial charge in [-0.1, -0.05) is 122 Å². The van der Waals surface area contributed by atoms with Crippen LogP contribution in [0.2, 0.25) is 6.04 Å². The Hall–Kier alpha value is 0.887. The van der Waals surface area contributed by atoms with Crippen molar-refractivity contribution in [3.63, 3.8) is 0 Å². The van der Waals surface area contributed by atoms with E-state index in [1.807, 2.05) is 6.92 Å². The zero-order valence-corrected chi connectivity index (χ0v) is 20.5. The van der Waals surface area contributed by atoms with Crippen molar-refractivity contribution >= 4 is 60.7 Å². The minimum atomic E-state index is -0.304. The zero-order chi connectivity index (χ0) is 18.0. The summed E-state index contributed by atoms with van der Waals surface area (Å²) in [5.74, 6) is -0.304. The predicted octanol–water partition coefficient (Wildman–Crippen LogP) is 7.06. The van der Waals surface area contributed by atoms with Crippen LogP contribution in [-0.2, 0) is 9.53 Å². The molecule has 0 spiro atoms. The average molecular weight is 576 g/mol. The van der Waals surface area contributed by atoms with Crippen molar-refractivity contribution in [3.05, 3.63) is 12.7 Å². The number of carbonyl (C=O) groups is 1. The van der Waals surface area contributed by atoms with E-state index in [0.717, 1.165) is 23.9 Å². The summed E-state index contributed by atoms with van der Waals surface area (Å²) >= 11 is 5.05. The van der Waals surface area contributed by atoms with E-state index in [9.17, 15) is 4.79 Å². The molecule has 0 aromatic carbocycles. The quantitative estimate of drug-likeness (QED) is 0.0463. The van der Waals surface area contributed by atoms with Crippen LogP contribution in [0, 0.1) is 0 Å². The third-order valence-corrected chi connectivity index (χ3v) is 7.66. The zero-order valence-electron chi connectivity index (χ0n) is 15.2. The Morgan fingerprint density at radius 1 is 0.958 bits per heavy atom. The van der Waals surface area contributed by atoms with Gasteiger partial charge < -0.3 is 4.74 Å². The first-order valence-electron chi connectivity index (χ1n) is 9.41. The van der Waals surface area contributed by atoms with E-state index in [-0.39, 0.29) is 12.1 Å². The number of hydrogen-bond acceptors (Lipinski definition) is 2. The molecule has 0 rings (SSSR count). The minimum Gasteiger partial charge on any atom is -0.460 e.